The number of aliphatic imine (C=N–C) groups is 1. The number of hydrogen-bond acceptors (Lipinski definition) is 7. The maximum absolute atomic E-state index is 8.59. The van der Waals surface area contributed by atoms with E-state index in [1.54, 1.807) is 17.6 Å². The summed E-state index contributed by atoms with van der Waals surface area (Å²) in [7, 11) is -1.16. The molecule has 1 aromatic heterocycles. The molecule has 1 unspecified atom stereocenters. The number of halogens is 1. The van der Waals surface area contributed by atoms with Gasteiger partial charge in [-0.25, -0.2) is 0 Å². The van der Waals surface area contributed by atoms with Crippen molar-refractivity contribution in [1.82, 2.24) is 10.2 Å². The van der Waals surface area contributed by atoms with Crippen LogP contribution in [0.4, 0.5) is 5.13 Å². The van der Waals surface area contributed by atoms with Gasteiger partial charge in [0.05, 0.1) is 11.4 Å². The van der Waals surface area contributed by atoms with Gasteiger partial charge in [-0.05, 0) is 40.9 Å². The first-order chi connectivity index (χ1) is 14.3. The third kappa shape index (κ3) is 4.54. The molecule has 1 saturated carbocycles. The summed E-state index contributed by atoms with van der Waals surface area (Å²) in [6, 6.07) is 1.12. The molecule has 0 saturated heterocycles. The summed E-state index contributed by atoms with van der Waals surface area (Å²) in [5.41, 5.74) is 0.864. The van der Waals surface area contributed by atoms with Crippen molar-refractivity contribution in [3.63, 3.8) is 0 Å². The van der Waals surface area contributed by atoms with Crippen LogP contribution in [0.5, 0.6) is 0 Å². The van der Waals surface area contributed by atoms with Gasteiger partial charge in [0, 0.05) is 37.7 Å². The van der Waals surface area contributed by atoms with E-state index in [9.17, 15) is 0 Å². The van der Waals surface area contributed by atoms with Gasteiger partial charge >= 0.3 is 0 Å². The number of ether oxygens (including phenoxy) is 1. The van der Waals surface area contributed by atoms with E-state index in [1.165, 1.54) is 25.7 Å². The Bertz CT molecular complexity index is 899. The van der Waals surface area contributed by atoms with E-state index in [0.717, 1.165) is 39.4 Å². The fourth-order valence-electron chi connectivity index (χ4n) is 4.06. The zero-order chi connectivity index (χ0) is 21.4. The van der Waals surface area contributed by atoms with Crippen molar-refractivity contribution in [2.45, 2.75) is 69.2 Å². The van der Waals surface area contributed by atoms with E-state index in [1.807, 2.05) is 6.08 Å². The summed E-state index contributed by atoms with van der Waals surface area (Å²) in [4.78, 5) is 6.84. The molecule has 0 radical (unpaired) electrons. The van der Waals surface area contributed by atoms with Gasteiger partial charge in [-0.2, -0.15) is 0 Å². The van der Waals surface area contributed by atoms with Gasteiger partial charge in [0.2, 0.25) is 5.13 Å². The highest BCUT2D eigenvalue weighted by atomic mass is 79.9. The predicted molar refractivity (Wildman–Crippen MR) is 131 cm³/mol. The molecule has 1 aromatic rings. The van der Waals surface area contributed by atoms with Gasteiger partial charge in [0.1, 0.15) is 17.3 Å². The number of hydrogen-bond donors (Lipinski definition) is 1. The molecular formula is C21H30BrN5OSSi. The minimum Gasteiger partial charge on any atom is -0.361 e. The fourth-order valence-corrected chi connectivity index (χ4v) is 6.16. The maximum Gasteiger partial charge on any atom is 0.214 e. The lowest BCUT2D eigenvalue weighted by Crippen LogP contribution is -2.51. The number of aromatic nitrogens is 2. The summed E-state index contributed by atoms with van der Waals surface area (Å²) >= 11 is 5.12. The first kappa shape index (κ1) is 22.0. The average molecular weight is 509 g/mol. The molecule has 0 bridgehead atoms. The Labute approximate surface area is 192 Å². The molecule has 1 N–H and O–H groups in total. The number of rotatable bonds is 8. The van der Waals surface area contributed by atoms with Crippen molar-refractivity contribution < 1.29 is 4.74 Å². The fraction of sp³-hybridized carbons (Fsp3) is 0.619. The lowest BCUT2D eigenvalue weighted by molar-refractivity contribution is 0.148. The van der Waals surface area contributed by atoms with Crippen molar-refractivity contribution in [1.29, 1.82) is 5.41 Å². The second-order valence-electron chi connectivity index (χ2n) is 9.54. The van der Waals surface area contributed by atoms with Gasteiger partial charge in [-0.3, -0.25) is 9.89 Å². The van der Waals surface area contributed by atoms with Crippen molar-refractivity contribution in [2.24, 2.45) is 4.99 Å². The lowest BCUT2D eigenvalue weighted by Gasteiger charge is -2.44. The summed E-state index contributed by atoms with van der Waals surface area (Å²) in [6.45, 7) is 8.24. The van der Waals surface area contributed by atoms with Gasteiger partial charge in [0.15, 0.2) is 0 Å². The highest BCUT2D eigenvalue weighted by Crippen LogP contribution is 2.45. The molecule has 1 aliphatic heterocycles. The third-order valence-electron chi connectivity index (χ3n) is 6.02. The molecule has 0 amide bonds. The second kappa shape index (κ2) is 8.76. The summed E-state index contributed by atoms with van der Waals surface area (Å²) in [5, 5.41) is 19.7. The van der Waals surface area contributed by atoms with Gasteiger partial charge in [-0.15, -0.1) is 10.2 Å². The molecule has 6 nitrogen and oxygen atoms in total. The highest BCUT2D eigenvalue weighted by Gasteiger charge is 2.47. The molecule has 2 aliphatic carbocycles. The molecule has 1 spiro atoms. The van der Waals surface area contributed by atoms with Gasteiger partial charge in [0.25, 0.3) is 0 Å². The van der Waals surface area contributed by atoms with E-state index < -0.39 is 13.6 Å². The minimum atomic E-state index is -1.16. The summed E-state index contributed by atoms with van der Waals surface area (Å²) in [5.74, 6) is 0.542. The average Bonchev–Trinajstić information content (AvgIpc) is 3.33. The quantitative estimate of drug-likeness (QED) is 0.277. The minimum absolute atomic E-state index is 0.422. The van der Waals surface area contributed by atoms with Crippen LogP contribution in [0, 0.1) is 5.41 Å². The molecule has 4 rings (SSSR count). The normalized spacial score (nSPS) is 24.2. The highest BCUT2D eigenvalue weighted by molar-refractivity contribution is 9.12. The summed E-state index contributed by atoms with van der Waals surface area (Å²) in [6.07, 6.45) is 11.5. The van der Waals surface area contributed by atoms with Crippen molar-refractivity contribution >= 4 is 52.4 Å². The van der Waals surface area contributed by atoms with Crippen LogP contribution in [0.3, 0.4) is 0 Å². The summed E-state index contributed by atoms with van der Waals surface area (Å²) < 4.78 is 6.95. The zero-order valence-corrected chi connectivity index (χ0v) is 21.4. The van der Waals surface area contributed by atoms with Crippen LogP contribution in [0.15, 0.2) is 27.3 Å². The van der Waals surface area contributed by atoms with Gasteiger partial charge in [-0.1, -0.05) is 49.9 Å². The van der Waals surface area contributed by atoms with E-state index in [0.29, 0.717) is 18.4 Å². The Kier molecular flexibility index (Phi) is 6.44. The maximum atomic E-state index is 8.59. The first-order valence-corrected chi connectivity index (χ1v) is 16.0. The number of anilines is 1. The van der Waals surface area contributed by atoms with Crippen LogP contribution in [0.2, 0.25) is 25.7 Å². The molecule has 1 atom stereocenters. The predicted octanol–water partition coefficient (Wildman–Crippen LogP) is 5.72. The zero-order valence-electron chi connectivity index (χ0n) is 17.9. The van der Waals surface area contributed by atoms with Crippen LogP contribution < -0.4 is 4.90 Å². The van der Waals surface area contributed by atoms with Crippen molar-refractivity contribution in [3.8, 4) is 0 Å². The molecule has 162 valence electrons. The Morgan fingerprint density at radius 2 is 2.07 bits per heavy atom. The topological polar surface area (TPSA) is 74.5 Å². The second-order valence-corrected chi connectivity index (χ2v) is 17.1. The lowest BCUT2D eigenvalue weighted by atomic mass is 9.76. The molecule has 3 aliphatic rings. The van der Waals surface area contributed by atoms with E-state index in [2.05, 4.69) is 56.7 Å². The van der Waals surface area contributed by atoms with Crippen molar-refractivity contribution in [3.05, 3.63) is 27.3 Å². The molecule has 30 heavy (non-hydrogen) atoms. The third-order valence-corrected chi connectivity index (χ3v) is 9.27. The largest absolute Gasteiger partial charge is 0.361 e. The number of nitrogens with zero attached hydrogens (tertiary/aromatic N) is 4. The smallest absolute Gasteiger partial charge is 0.214 e. The standard InChI is InChI=1S/C21H30BrN5OSSi/c1-30(2,3)11-10-28-14-27(20-26-25-19(29-20)15-6-4-5-7-15)18-8-9-21(18)17(23)12-16(22)13-24-21/h8,12-13,15,23H,4-7,9-11,14H2,1-3H3. The Hall–Kier alpha value is -1.16. The van der Waals surface area contributed by atoms with Crippen LogP contribution in [-0.4, -0.2) is 49.1 Å². The SMILES string of the molecule is C[Si](C)(C)CCOCN(C1=CCC12N=CC(Br)=CC2=N)c1nnc(C2CCCC2)s1. The first-order valence-electron chi connectivity index (χ1n) is 10.7. The Morgan fingerprint density at radius 3 is 2.70 bits per heavy atom. The number of allylic oxidation sites excluding steroid dienone is 1. The van der Waals surface area contributed by atoms with Crippen LogP contribution in [-0.2, 0) is 4.74 Å². The van der Waals surface area contributed by atoms with E-state index in [-0.39, 0.29) is 0 Å². The van der Waals surface area contributed by atoms with E-state index in [4.69, 9.17) is 15.1 Å². The van der Waals surface area contributed by atoms with Gasteiger partial charge < -0.3 is 10.1 Å². The van der Waals surface area contributed by atoms with Crippen molar-refractivity contribution in [2.75, 3.05) is 18.2 Å². The van der Waals surface area contributed by atoms with Crippen LogP contribution in [0.25, 0.3) is 0 Å². The number of nitrogens with one attached hydrogen (secondary N) is 1. The molecule has 9 heteroatoms. The molecular weight excluding hydrogens is 478 g/mol. The van der Waals surface area contributed by atoms with Crippen LogP contribution >= 0.6 is 27.3 Å². The monoisotopic (exact) mass is 507 g/mol. The molecule has 2 heterocycles. The molecule has 1 fully saturated rings. The Balaban J connectivity index is 1.55. The Morgan fingerprint density at radius 1 is 1.30 bits per heavy atom. The van der Waals surface area contributed by atoms with E-state index >= 15 is 0 Å². The van der Waals surface area contributed by atoms with Crippen LogP contribution in [0.1, 0.15) is 43.0 Å². The number of dihydropyridines is 1. The molecule has 0 aromatic carbocycles.